The zero-order chi connectivity index (χ0) is 21.4. The van der Waals surface area contributed by atoms with Crippen LogP contribution in [0, 0.1) is 0 Å². The minimum Gasteiger partial charge on any atom is -0.478 e. The van der Waals surface area contributed by atoms with Crippen LogP contribution in [-0.2, 0) is 18.3 Å². The molecule has 0 saturated carbocycles. The third kappa shape index (κ3) is 3.87. The summed E-state index contributed by atoms with van der Waals surface area (Å²) in [6.07, 6.45) is 0. The summed E-state index contributed by atoms with van der Waals surface area (Å²) in [7, 11) is 1.81. The lowest BCUT2D eigenvalue weighted by atomic mass is 9.97. The second kappa shape index (κ2) is 8.06. The van der Waals surface area contributed by atoms with Crippen molar-refractivity contribution >= 4 is 17.0 Å². The summed E-state index contributed by atoms with van der Waals surface area (Å²) in [6.45, 7) is 4.56. The highest BCUT2D eigenvalue weighted by Gasteiger charge is 2.16. The number of nitrogens with zero attached hydrogens (tertiary/aromatic N) is 2. The summed E-state index contributed by atoms with van der Waals surface area (Å²) in [5.41, 5.74) is 7.39. The smallest absolute Gasteiger partial charge is 0.337 e. The summed E-state index contributed by atoms with van der Waals surface area (Å²) in [6, 6.07) is 20.7. The fourth-order valence-electron chi connectivity index (χ4n) is 4.27. The summed E-state index contributed by atoms with van der Waals surface area (Å²) in [5, 5.41) is 12.7. The molecule has 0 aliphatic carbocycles. The predicted octanol–water partition coefficient (Wildman–Crippen LogP) is 4.37. The van der Waals surface area contributed by atoms with Crippen molar-refractivity contribution in [2.75, 3.05) is 26.3 Å². The quantitative estimate of drug-likeness (QED) is 0.508. The van der Waals surface area contributed by atoms with E-state index in [1.807, 2.05) is 25.2 Å². The SMILES string of the molecule is Cn1[nH]c2cc(-c3ccc(-c4ccc(CN5CCOCC5)cc4)cc3)cc(C(=O)O)c21. The Kier molecular flexibility index (Phi) is 5.10. The van der Waals surface area contributed by atoms with Crippen molar-refractivity contribution in [1.29, 1.82) is 0 Å². The van der Waals surface area contributed by atoms with Gasteiger partial charge < -0.3 is 9.84 Å². The topological polar surface area (TPSA) is 70.5 Å². The van der Waals surface area contributed by atoms with Gasteiger partial charge >= 0.3 is 5.97 Å². The zero-order valence-electron chi connectivity index (χ0n) is 17.5. The van der Waals surface area contributed by atoms with Gasteiger partial charge in [0.1, 0.15) is 0 Å². The molecule has 31 heavy (non-hydrogen) atoms. The maximum atomic E-state index is 11.7. The van der Waals surface area contributed by atoms with Crippen LogP contribution in [0.4, 0.5) is 0 Å². The van der Waals surface area contributed by atoms with E-state index in [4.69, 9.17) is 4.74 Å². The molecule has 0 radical (unpaired) electrons. The molecule has 0 unspecified atom stereocenters. The molecule has 1 aliphatic rings. The number of nitrogens with one attached hydrogen (secondary N) is 1. The molecule has 1 aromatic heterocycles. The number of fused-ring (bicyclic) bond motifs is 1. The molecule has 1 fully saturated rings. The van der Waals surface area contributed by atoms with Gasteiger partial charge in [0.05, 0.1) is 29.8 Å². The van der Waals surface area contributed by atoms with Gasteiger partial charge in [-0.3, -0.25) is 14.7 Å². The Labute approximate surface area is 180 Å². The number of carboxylic acids is 1. The first kappa shape index (κ1) is 19.6. The number of hydrogen-bond donors (Lipinski definition) is 2. The van der Waals surface area contributed by atoms with Gasteiger partial charge in [-0.25, -0.2) is 4.79 Å². The highest BCUT2D eigenvalue weighted by molar-refractivity contribution is 6.04. The summed E-state index contributed by atoms with van der Waals surface area (Å²) in [4.78, 5) is 14.1. The monoisotopic (exact) mass is 415 g/mol. The standard InChI is InChI=1S/C25H25N3O3/c1-27-24-22(25(29)30)14-21(15-23(24)26-27)20-8-6-19(7-9-20)18-4-2-17(3-5-18)16-28-10-12-31-13-11-28/h2-9,14-15,26H,10-13,16H2,1H3,(H,29,30). The summed E-state index contributed by atoms with van der Waals surface area (Å²) in [5.74, 6) is -0.916. The van der Waals surface area contributed by atoms with Crippen LogP contribution in [0.25, 0.3) is 33.3 Å². The first-order valence-electron chi connectivity index (χ1n) is 10.5. The van der Waals surface area contributed by atoms with E-state index in [-0.39, 0.29) is 0 Å². The van der Waals surface area contributed by atoms with Crippen molar-refractivity contribution in [3.8, 4) is 22.3 Å². The molecule has 158 valence electrons. The molecule has 2 N–H and O–H groups in total. The van der Waals surface area contributed by atoms with Crippen LogP contribution in [0.2, 0.25) is 0 Å². The van der Waals surface area contributed by atoms with Gasteiger partial charge in [-0.1, -0.05) is 48.5 Å². The number of aromatic nitrogens is 2. The van der Waals surface area contributed by atoms with Crippen LogP contribution in [0.5, 0.6) is 0 Å². The molecule has 4 aromatic rings. The zero-order valence-corrected chi connectivity index (χ0v) is 17.5. The Morgan fingerprint density at radius 2 is 1.52 bits per heavy atom. The Balaban J connectivity index is 1.35. The molecule has 0 bridgehead atoms. The highest BCUT2D eigenvalue weighted by Crippen LogP contribution is 2.30. The van der Waals surface area contributed by atoms with Crippen molar-refractivity contribution in [3.63, 3.8) is 0 Å². The number of carboxylic acid groups (broad SMARTS) is 1. The van der Waals surface area contributed by atoms with Gasteiger partial charge in [-0.15, -0.1) is 0 Å². The van der Waals surface area contributed by atoms with Crippen LogP contribution in [0.1, 0.15) is 15.9 Å². The van der Waals surface area contributed by atoms with Crippen LogP contribution in [0.3, 0.4) is 0 Å². The van der Waals surface area contributed by atoms with E-state index in [1.54, 1.807) is 10.7 Å². The number of aryl methyl sites for hydroxylation is 1. The van der Waals surface area contributed by atoms with Crippen molar-refractivity contribution in [1.82, 2.24) is 14.7 Å². The maximum absolute atomic E-state index is 11.7. The predicted molar refractivity (Wildman–Crippen MR) is 121 cm³/mol. The lowest BCUT2D eigenvalue weighted by molar-refractivity contribution is 0.0342. The number of ether oxygens (including phenoxy) is 1. The fraction of sp³-hybridized carbons (Fsp3) is 0.240. The number of benzene rings is 3. The van der Waals surface area contributed by atoms with Crippen LogP contribution >= 0.6 is 0 Å². The van der Waals surface area contributed by atoms with Gasteiger partial charge in [0, 0.05) is 26.7 Å². The van der Waals surface area contributed by atoms with Crippen molar-refractivity contribution in [2.45, 2.75) is 6.54 Å². The number of morpholine rings is 1. The molecule has 0 spiro atoms. The molecule has 5 rings (SSSR count). The second-order valence-electron chi connectivity index (χ2n) is 8.06. The number of aromatic amines is 1. The van der Waals surface area contributed by atoms with Gasteiger partial charge in [0.2, 0.25) is 0 Å². The molecule has 3 aromatic carbocycles. The molecule has 6 heteroatoms. The average molecular weight is 415 g/mol. The van der Waals surface area contributed by atoms with Crippen LogP contribution in [-0.4, -0.2) is 52.1 Å². The minimum absolute atomic E-state index is 0.314. The van der Waals surface area contributed by atoms with Crippen LogP contribution in [0.15, 0.2) is 60.7 Å². The minimum atomic E-state index is -0.916. The highest BCUT2D eigenvalue weighted by atomic mass is 16.5. The lowest BCUT2D eigenvalue weighted by Gasteiger charge is -2.26. The number of H-pyrrole nitrogens is 1. The Morgan fingerprint density at radius 3 is 2.10 bits per heavy atom. The van der Waals surface area contributed by atoms with E-state index < -0.39 is 5.97 Å². The Bertz CT molecular complexity index is 1210. The molecule has 6 nitrogen and oxygen atoms in total. The van der Waals surface area contributed by atoms with Gasteiger partial charge in [0.25, 0.3) is 0 Å². The van der Waals surface area contributed by atoms with Gasteiger partial charge in [-0.2, -0.15) is 0 Å². The second-order valence-corrected chi connectivity index (χ2v) is 8.06. The number of aromatic carboxylic acids is 1. The van der Waals surface area contributed by atoms with E-state index in [9.17, 15) is 9.90 Å². The van der Waals surface area contributed by atoms with Crippen molar-refractivity contribution in [3.05, 3.63) is 71.8 Å². The van der Waals surface area contributed by atoms with E-state index >= 15 is 0 Å². The number of rotatable bonds is 5. The van der Waals surface area contributed by atoms with Crippen LogP contribution < -0.4 is 0 Å². The normalized spacial score (nSPS) is 14.9. The van der Waals surface area contributed by atoms with E-state index in [2.05, 4.69) is 46.4 Å². The number of hydrogen-bond acceptors (Lipinski definition) is 3. The van der Waals surface area contributed by atoms with Crippen molar-refractivity contribution < 1.29 is 14.6 Å². The largest absolute Gasteiger partial charge is 0.478 e. The molecule has 0 atom stereocenters. The molecule has 2 heterocycles. The van der Waals surface area contributed by atoms with Gasteiger partial charge in [-0.05, 0) is 39.9 Å². The van der Waals surface area contributed by atoms with Gasteiger partial charge in [0.15, 0.2) is 0 Å². The summed E-state index contributed by atoms with van der Waals surface area (Å²) < 4.78 is 7.15. The van der Waals surface area contributed by atoms with Crippen molar-refractivity contribution in [2.24, 2.45) is 7.05 Å². The first-order chi connectivity index (χ1) is 15.1. The Hall–Kier alpha value is -3.35. The number of carbonyl (C=O) groups is 1. The fourth-order valence-corrected chi connectivity index (χ4v) is 4.27. The molecule has 0 amide bonds. The summed E-state index contributed by atoms with van der Waals surface area (Å²) >= 11 is 0. The Morgan fingerprint density at radius 1 is 0.935 bits per heavy atom. The molecule has 1 saturated heterocycles. The van der Waals surface area contributed by atoms with E-state index in [0.29, 0.717) is 5.56 Å². The molecular weight excluding hydrogens is 390 g/mol. The average Bonchev–Trinajstić information content (AvgIpc) is 2.79. The van der Waals surface area contributed by atoms with E-state index in [0.717, 1.165) is 60.6 Å². The third-order valence-corrected chi connectivity index (χ3v) is 5.98. The van der Waals surface area contributed by atoms with E-state index in [1.165, 1.54) is 11.1 Å². The first-order valence-corrected chi connectivity index (χ1v) is 10.5. The molecule has 1 aliphatic heterocycles. The molecular formula is C25H25N3O3. The maximum Gasteiger partial charge on any atom is 0.337 e. The lowest BCUT2D eigenvalue weighted by Crippen LogP contribution is -2.35. The third-order valence-electron chi connectivity index (χ3n) is 5.98.